The molecule has 0 aromatic carbocycles. The van der Waals surface area contributed by atoms with Crippen molar-refractivity contribution in [1.29, 1.82) is 0 Å². The number of aromatic nitrogens is 2. The highest BCUT2D eigenvalue weighted by Crippen LogP contribution is 2.27. The summed E-state index contributed by atoms with van der Waals surface area (Å²) in [6.45, 7) is 0.275. The number of amides is 1. The summed E-state index contributed by atoms with van der Waals surface area (Å²) in [5.41, 5.74) is -2.27. The van der Waals surface area contributed by atoms with Crippen molar-refractivity contribution in [2.24, 2.45) is 0 Å². The quantitative estimate of drug-likeness (QED) is 0.697. The van der Waals surface area contributed by atoms with E-state index in [1.165, 1.54) is 0 Å². The van der Waals surface area contributed by atoms with Crippen LogP contribution in [0.1, 0.15) is 19.0 Å². The van der Waals surface area contributed by atoms with Gasteiger partial charge in [0.2, 0.25) is 5.91 Å². The largest absolute Gasteiger partial charge is 0.435 e. The maximum absolute atomic E-state index is 12.3. The van der Waals surface area contributed by atoms with Crippen LogP contribution in [0.3, 0.4) is 0 Å². The van der Waals surface area contributed by atoms with Crippen LogP contribution < -0.4 is 5.32 Å². The Hall–Kier alpha value is -1.61. The van der Waals surface area contributed by atoms with Crippen molar-refractivity contribution in [2.75, 3.05) is 13.2 Å². The van der Waals surface area contributed by atoms with Crippen molar-refractivity contribution in [1.82, 2.24) is 15.1 Å². The molecular weight excluding hydrogens is 279 g/mol. The van der Waals surface area contributed by atoms with E-state index in [9.17, 15) is 18.0 Å². The molecule has 0 saturated heterocycles. The van der Waals surface area contributed by atoms with E-state index in [2.05, 4.69) is 10.4 Å². The maximum Gasteiger partial charge on any atom is 0.435 e. The molecule has 114 valence electrons. The summed E-state index contributed by atoms with van der Waals surface area (Å²) in [6, 6.07) is 0.762. The van der Waals surface area contributed by atoms with E-state index in [0.29, 0.717) is 0 Å². The number of nitrogens with one attached hydrogen (secondary N) is 1. The van der Waals surface area contributed by atoms with Gasteiger partial charge in [0.05, 0.1) is 18.8 Å². The van der Waals surface area contributed by atoms with E-state index in [-0.39, 0.29) is 6.42 Å². The first kappa shape index (κ1) is 16.4. The third kappa shape index (κ3) is 3.94. The number of hydrogen-bond acceptors (Lipinski definition) is 4. The number of carbonyl (C=O) groups excluding carboxylic acids is 1. The van der Waals surface area contributed by atoms with E-state index in [1.807, 2.05) is 0 Å². The van der Waals surface area contributed by atoms with Crippen LogP contribution in [-0.2, 0) is 17.5 Å². The molecule has 3 N–H and O–H groups in total. The number of aliphatic hydroxyl groups excluding tert-OH is 2. The van der Waals surface area contributed by atoms with Crippen molar-refractivity contribution < 1.29 is 28.2 Å². The van der Waals surface area contributed by atoms with E-state index < -0.39 is 43.1 Å². The summed E-state index contributed by atoms with van der Waals surface area (Å²) >= 11 is 0. The molecule has 0 atom stereocenters. The Morgan fingerprint density at radius 2 is 2.00 bits per heavy atom. The standard InChI is InChI=1S/C11H16F3N3O3/c1-2-10(6-18,7-19)15-9(20)5-17-4-3-8(16-17)11(12,13)14/h3-4,18-19H,2,5-7H2,1H3,(H,15,20). The summed E-state index contributed by atoms with van der Waals surface area (Å²) in [6.07, 6.45) is -3.25. The zero-order chi connectivity index (χ0) is 15.4. The number of rotatable bonds is 6. The summed E-state index contributed by atoms with van der Waals surface area (Å²) in [5, 5.41) is 23.9. The van der Waals surface area contributed by atoms with Gasteiger partial charge in [-0.15, -0.1) is 0 Å². The van der Waals surface area contributed by atoms with E-state index in [4.69, 9.17) is 10.2 Å². The highest BCUT2D eigenvalue weighted by Gasteiger charge is 2.34. The molecule has 1 aromatic rings. The van der Waals surface area contributed by atoms with Crippen LogP contribution in [0.15, 0.2) is 12.3 Å². The van der Waals surface area contributed by atoms with Gasteiger partial charge in [0.1, 0.15) is 6.54 Å². The molecular formula is C11H16F3N3O3. The van der Waals surface area contributed by atoms with Gasteiger partial charge in [-0.3, -0.25) is 9.48 Å². The highest BCUT2D eigenvalue weighted by atomic mass is 19.4. The van der Waals surface area contributed by atoms with Gasteiger partial charge in [-0.25, -0.2) is 0 Å². The molecule has 0 unspecified atom stereocenters. The Balaban J connectivity index is 2.69. The van der Waals surface area contributed by atoms with E-state index in [1.54, 1.807) is 6.92 Å². The van der Waals surface area contributed by atoms with Crippen LogP contribution >= 0.6 is 0 Å². The minimum absolute atomic E-state index is 0.276. The molecule has 20 heavy (non-hydrogen) atoms. The fraction of sp³-hybridized carbons (Fsp3) is 0.636. The average Bonchev–Trinajstić information content (AvgIpc) is 2.84. The number of alkyl halides is 3. The lowest BCUT2D eigenvalue weighted by atomic mass is 9.98. The van der Waals surface area contributed by atoms with Gasteiger partial charge in [-0.2, -0.15) is 18.3 Å². The van der Waals surface area contributed by atoms with E-state index >= 15 is 0 Å². The second-order valence-electron chi connectivity index (χ2n) is 4.39. The molecule has 0 spiro atoms. The lowest BCUT2D eigenvalue weighted by Gasteiger charge is -2.29. The number of hydrogen-bond donors (Lipinski definition) is 3. The van der Waals surface area contributed by atoms with Crippen LogP contribution in [0, 0.1) is 0 Å². The SMILES string of the molecule is CCC(CO)(CO)NC(=O)Cn1ccc(C(F)(F)F)n1. The Kier molecular flexibility index (Phi) is 5.12. The number of nitrogens with zero attached hydrogens (tertiary/aromatic N) is 2. The van der Waals surface area contributed by atoms with Crippen LogP contribution in [0.2, 0.25) is 0 Å². The summed E-state index contributed by atoms with van der Waals surface area (Å²) < 4.78 is 37.8. The zero-order valence-corrected chi connectivity index (χ0v) is 10.8. The minimum Gasteiger partial charge on any atom is -0.394 e. The first-order valence-corrected chi connectivity index (χ1v) is 5.89. The second-order valence-corrected chi connectivity index (χ2v) is 4.39. The van der Waals surface area contributed by atoms with Crippen LogP contribution in [-0.4, -0.2) is 44.7 Å². The second kappa shape index (κ2) is 6.23. The van der Waals surface area contributed by atoms with Gasteiger partial charge in [-0.1, -0.05) is 6.92 Å². The molecule has 1 rings (SSSR count). The number of halogens is 3. The summed E-state index contributed by atoms with van der Waals surface area (Å²) in [5.74, 6) is -0.647. The number of carbonyl (C=O) groups is 1. The van der Waals surface area contributed by atoms with Crippen LogP contribution in [0.5, 0.6) is 0 Å². The predicted octanol–water partition coefficient (Wildman–Crippen LogP) is 0.152. The van der Waals surface area contributed by atoms with Crippen molar-refractivity contribution in [3.8, 4) is 0 Å². The lowest BCUT2D eigenvalue weighted by molar-refractivity contribution is -0.141. The molecule has 6 nitrogen and oxygen atoms in total. The van der Waals surface area contributed by atoms with Crippen molar-refractivity contribution in [3.63, 3.8) is 0 Å². The van der Waals surface area contributed by atoms with Gasteiger partial charge < -0.3 is 15.5 Å². The molecule has 0 aliphatic carbocycles. The molecule has 0 aliphatic heterocycles. The molecule has 1 amide bonds. The Bertz CT molecular complexity index is 447. The van der Waals surface area contributed by atoms with Crippen molar-refractivity contribution in [2.45, 2.75) is 31.6 Å². The zero-order valence-electron chi connectivity index (χ0n) is 10.8. The molecule has 0 aliphatic rings. The molecule has 0 fully saturated rings. The Morgan fingerprint density at radius 3 is 2.40 bits per heavy atom. The first-order valence-electron chi connectivity index (χ1n) is 5.89. The third-order valence-corrected chi connectivity index (χ3v) is 2.92. The maximum atomic E-state index is 12.3. The molecule has 1 aromatic heterocycles. The minimum atomic E-state index is -4.56. The fourth-order valence-corrected chi connectivity index (χ4v) is 1.52. The monoisotopic (exact) mass is 295 g/mol. The van der Waals surface area contributed by atoms with E-state index in [0.717, 1.165) is 16.9 Å². The van der Waals surface area contributed by atoms with Crippen LogP contribution in [0.4, 0.5) is 13.2 Å². The lowest BCUT2D eigenvalue weighted by Crippen LogP contribution is -2.54. The molecule has 1 heterocycles. The molecule has 0 radical (unpaired) electrons. The molecule has 9 heteroatoms. The van der Waals surface area contributed by atoms with Gasteiger partial charge in [-0.05, 0) is 12.5 Å². The average molecular weight is 295 g/mol. The normalized spacial score (nSPS) is 12.5. The Labute approximate surface area is 113 Å². The smallest absolute Gasteiger partial charge is 0.394 e. The van der Waals surface area contributed by atoms with Gasteiger partial charge in [0.25, 0.3) is 0 Å². The van der Waals surface area contributed by atoms with Gasteiger partial charge >= 0.3 is 6.18 Å². The Morgan fingerprint density at radius 1 is 1.40 bits per heavy atom. The first-order chi connectivity index (χ1) is 9.26. The van der Waals surface area contributed by atoms with Crippen molar-refractivity contribution >= 4 is 5.91 Å². The highest BCUT2D eigenvalue weighted by molar-refractivity contribution is 5.76. The molecule has 0 saturated carbocycles. The topological polar surface area (TPSA) is 87.4 Å². The number of aliphatic hydroxyl groups is 2. The summed E-state index contributed by atoms with van der Waals surface area (Å²) in [4.78, 5) is 11.7. The van der Waals surface area contributed by atoms with Gasteiger partial charge in [0, 0.05) is 6.20 Å². The van der Waals surface area contributed by atoms with Gasteiger partial charge in [0.15, 0.2) is 5.69 Å². The fourth-order valence-electron chi connectivity index (χ4n) is 1.52. The predicted molar refractivity (Wildman–Crippen MR) is 62.6 cm³/mol. The molecule has 0 bridgehead atoms. The third-order valence-electron chi connectivity index (χ3n) is 2.92. The summed E-state index contributed by atoms with van der Waals surface area (Å²) in [7, 11) is 0. The van der Waals surface area contributed by atoms with Crippen LogP contribution in [0.25, 0.3) is 0 Å². The van der Waals surface area contributed by atoms with Crippen molar-refractivity contribution in [3.05, 3.63) is 18.0 Å².